The second-order valence-corrected chi connectivity index (χ2v) is 8.28. The van der Waals surface area contributed by atoms with Crippen LogP contribution in [0.2, 0.25) is 0 Å². The standard InChI is InChI=1S/C22H20N4O4S/c1-2-29-18-9-11-19(12-10-18)31(27,28)26-20-8-4-3-6-16(20)14-21-24-22(25-30-21)17-7-5-13-23-15-17/h3-13,15,26H,2,14H2,1H3. The van der Waals surface area contributed by atoms with Crippen LogP contribution in [0.4, 0.5) is 5.69 Å². The van der Waals surface area contributed by atoms with Gasteiger partial charge in [0, 0.05) is 18.0 Å². The molecule has 0 spiro atoms. The van der Waals surface area contributed by atoms with Crippen LogP contribution in [0.25, 0.3) is 11.4 Å². The zero-order valence-electron chi connectivity index (χ0n) is 16.7. The van der Waals surface area contributed by atoms with Crippen LogP contribution in [0.15, 0.2) is 82.5 Å². The van der Waals surface area contributed by atoms with Crippen LogP contribution >= 0.6 is 0 Å². The highest BCUT2D eigenvalue weighted by molar-refractivity contribution is 7.92. The van der Waals surface area contributed by atoms with Crippen molar-refractivity contribution >= 4 is 15.7 Å². The van der Waals surface area contributed by atoms with Gasteiger partial charge in [0.25, 0.3) is 10.0 Å². The molecule has 0 saturated heterocycles. The van der Waals surface area contributed by atoms with E-state index >= 15 is 0 Å². The maximum Gasteiger partial charge on any atom is 0.261 e. The summed E-state index contributed by atoms with van der Waals surface area (Å²) in [6, 6.07) is 17.0. The van der Waals surface area contributed by atoms with Gasteiger partial charge < -0.3 is 9.26 Å². The predicted octanol–water partition coefficient (Wildman–Crippen LogP) is 3.92. The summed E-state index contributed by atoms with van der Waals surface area (Å²) in [5.41, 5.74) is 1.89. The molecule has 2 heterocycles. The normalized spacial score (nSPS) is 11.3. The lowest BCUT2D eigenvalue weighted by atomic mass is 10.1. The summed E-state index contributed by atoms with van der Waals surface area (Å²) in [4.78, 5) is 8.58. The molecule has 0 atom stereocenters. The summed E-state index contributed by atoms with van der Waals surface area (Å²) in [7, 11) is -3.78. The third kappa shape index (κ3) is 4.89. The number of nitrogens with zero attached hydrogens (tertiary/aromatic N) is 3. The first kappa shape index (κ1) is 20.5. The average molecular weight is 436 g/mol. The fraction of sp³-hybridized carbons (Fsp3) is 0.136. The average Bonchev–Trinajstić information content (AvgIpc) is 3.25. The van der Waals surface area contributed by atoms with Crippen molar-refractivity contribution in [2.75, 3.05) is 11.3 Å². The summed E-state index contributed by atoms with van der Waals surface area (Å²) in [6.07, 6.45) is 3.58. The lowest BCUT2D eigenvalue weighted by molar-refractivity contribution is 0.340. The van der Waals surface area contributed by atoms with Crippen LogP contribution < -0.4 is 9.46 Å². The number of benzene rings is 2. The summed E-state index contributed by atoms with van der Waals surface area (Å²) in [5.74, 6) is 1.41. The number of para-hydroxylation sites is 1. The number of sulfonamides is 1. The van der Waals surface area contributed by atoms with Crippen LogP contribution in [0, 0.1) is 0 Å². The van der Waals surface area contributed by atoms with Gasteiger partial charge >= 0.3 is 0 Å². The van der Waals surface area contributed by atoms with Crippen molar-refractivity contribution in [3.05, 3.63) is 84.5 Å². The molecule has 2 aromatic carbocycles. The van der Waals surface area contributed by atoms with Crippen LogP contribution in [-0.2, 0) is 16.4 Å². The molecule has 9 heteroatoms. The molecule has 1 N–H and O–H groups in total. The topological polar surface area (TPSA) is 107 Å². The zero-order valence-corrected chi connectivity index (χ0v) is 17.5. The zero-order chi connectivity index (χ0) is 21.7. The van der Waals surface area contributed by atoms with Gasteiger partial charge in [-0.3, -0.25) is 9.71 Å². The van der Waals surface area contributed by atoms with Gasteiger partial charge in [-0.05, 0) is 55.0 Å². The Bertz CT molecular complexity index is 1260. The maximum atomic E-state index is 12.9. The molecule has 158 valence electrons. The molecule has 8 nitrogen and oxygen atoms in total. The SMILES string of the molecule is CCOc1ccc(S(=O)(=O)Nc2ccccc2Cc2nc(-c3cccnc3)no2)cc1. The Morgan fingerprint density at radius 3 is 2.58 bits per heavy atom. The molecule has 0 fully saturated rings. The number of nitrogens with one attached hydrogen (secondary N) is 1. The highest BCUT2D eigenvalue weighted by Crippen LogP contribution is 2.24. The van der Waals surface area contributed by atoms with Crippen molar-refractivity contribution in [2.24, 2.45) is 0 Å². The molecular weight excluding hydrogens is 416 g/mol. The highest BCUT2D eigenvalue weighted by atomic mass is 32.2. The molecular formula is C22H20N4O4S. The van der Waals surface area contributed by atoms with E-state index in [1.165, 1.54) is 12.1 Å². The molecule has 31 heavy (non-hydrogen) atoms. The Kier molecular flexibility index (Phi) is 5.94. The van der Waals surface area contributed by atoms with Gasteiger partial charge in [0.05, 0.1) is 23.6 Å². The van der Waals surface area contributed by atoms with E-state index in [-0.39, 0.29) is 11.3 Å². The van der Waals surface area contributed by atoms with E-state index < -0.39 is 10.0 Å². The van der Waals surface area contributed by atoms with E-state index in [0.717, 1.165) is 5.56 Å². The largest absolute Gasteiger partial charge is 0.494 e. The molecule has 0 radical (unpaired) electrons. The van der Waals surface area contributed by atoms with Crippen LogP contribution in [0.1, 0.15) is 18.4 Å². The smallest absolute Gasteiger partial charge is 0.261 e. The van der Waals surface area contributed by atoms with Gasteiger partial charge in [-0.1, -0.05) is 23.4 Å². The number of ether oxygens (including phenoxy) is 1. The molecule has 0 unspecified atom stereocenters. The Morgan fingerprint density at radius 1 is 1.03 bits per heavy atom. The number of rotatable bonds is 8. The summed E-state index contributed by atoms with van der Waals surface area (Å²) >= 11 is 0. The maximum absolute atomic E-state index is 12.9. The van der Waals surface area contributed by atoms with Gasteiger partial charge in [0.2, 0.25) is 11.7 Å². The van der Waals surface area contributed by atoms with Crippen molar-refractivity contribution in [2.45, 2.75) is 18.2 Å². The third-order valence-electron chi connectivity index (χ3n) is 4.44. The molecule has 0 aliphatic heterocycles. The first-order chi connectivity index (χ1) is 15.0. The number of pyridine rings is 1. The van der Waals surface area contributed by atoms with E-state index in [1.807, 2.05) is 25.1 Å². The molecule has 4 rings (SSSR count). The van der Waals surface area contributed by atoms with Gasteiger partial charge in [-0.2, -0.15) is 4.98 Å². The van der Waals surface area contributed by atoms with Crippen molar-refractivity contribution in [3.8, 4) is 17.1 Å². The van der Waals surface area contributed by atoms with Crippen LogP contribution in [-0.4, -0.2) is 30.1 Å². The van der Waals surface area contributed by atoms with E-state index in [1.54, 1.807) is 42.7 Å². The summed E-state index contributed by atoms with van der Waals surface area (Å²) in [6.45, 7) is 2.38. The van der Waals surface area contributed by atoms with Crippen LogP contribution in [0.3, 0.4) is 0 Å². The molecule has 0 aliphatic rings. The summed E-state index contributed by atoms with van der Waals surface area (Å²) < 4.78 is 39.1. The number of hydrogen-bond acceptors (Lipinski definition) is 7. The monoisotopic (exact) mass is 436 g/mol. The molecule has 0 aliphatic carbocycles. The van der Waals surface area contributed by atoms with Gasteiger partial charge in [0.1, 0.15) is 5.75 Å². The minimum absolute atomic E-state index is 0.141. The second-order valence-electron chi connectivity index (χ2n) is 6.60. The van der Waals surface area contributed by atoms with E-state index in [0.29, 0.717) is 35.3 Å². The minimum Gasteiger partial charge on any atom is -0.494 e. The predicted molar refractivity (Wildman–Crippen MR) is 115 cm³/mol. The number of aromatic nitrogens is 3. The van der Waals surface area contributed by atoms with Crippen molar-refractivity contribution in [1.82, 2.24) is 15.1 Å². The number of anilines is 1. The van der Waals surface area contributed by atoms with E-state index in [4.69, 9.17) is 9.26 Å². The molecule has 2 aromatic heterocycles. The van der Waals surface area contributed by atoms with Gasteiger partial charge in [0.15, 0.2) is 0 Å². The quantitative estimate of drug-likeness (QED) is 0.446. The molecule has 4 aromatic rings. The van der Waals surface area contributed by atoms with Crippen molar-refractivity contribution in [3.63, 3.8) is 0 Å². The second kappa shape index (κ2) is 8.97. The van der Waals surface area contributed by atoms with Gasteiger partial charge in [-0.25, -0.2) is 8.42 Å². The van der Waals surface area contributed by atoms with Crippen molar-refractivity contribution in [1.29, 1.82) is 0 Å². The first-order valence-corrected chi connectivity index (χ1v) is 11.1. The molecule has 0 bridgehead atoms. The lowest BCUT2D eigenvalue weighted by Crippen LogP contribution is -2.14. The van der Waals surface area contributed by atoms with Gasteiger partial charge in [-0.15, -0.1) is 0 Å². The van der Waals surface area contributed by atoms with E-state index in [2.05, 4.69) is 19.8 Å². The van der Waals surface area contributed by atoms with E-state index in [9.17, 15) is 8.42 Å². The van der Waals surface area contributed by atoms with Crippen molar-refractivity contribution < 1.29 is 17.7 Å². The minimum atomic E-state index is -3.78. The lowest BCUT2D eigenvalue weighted by Gasteiger charge is -2.12. The first-order valence-electron chi connectivity index (χ1n) is 9.62. The molecule has 0 saturated carbocycles. The Labute approximate surface area is 180 Å². The van der Waals surface area contributed by atoms with Crippen LogP contribution in [0.5, 0.6) is 5.75 Å². The number of hydrogen-bond donors (Lipinski definition) is 1. The Morgan fingerprint density at radius 2 is 1.84 bits per heavy atom. The molecule has 0 amide bonds. The fourth-order valence-electron chi connectivity index (χ4n) is 2.96. The summed E-state index contributed by atoms with van der Waals surface area (Å²) in [5, 5.41) is 3.98. The Balaban J connectivity index is 1.54. The fourth-order valence-corrected chi connectivity index (χ4v) is 4.06. The Hall–Kier alpha value is -3.72. The highest BCUT2D eigenvalue weighted by Gasteiger charge is 2.18. The third-order valence-corrected chi connectivity index (χ3v) is 5.82.